The molecule has 6 heteroatoms. The van der Waals surface area contributed by atoms with Crippen LogP contribution in [0.5, 0.6) is 0 Å². The molecule has 0 aliphatic carbocycles. The molecule has 0 unspecified atom stereocenters. The minimum absolute atomic E-state index is 0.687. The van der Waals surface area contributed by atoms with Crippen molar-refractivity contribution in [2.45, 2.75) is 32.6 Å². The zero-order valence-electron chi connectivity index (χ0n) is 19.5. The molecule has 3 aromatic rings. The monoisotopic (exact) mass is 440 g/mol. The summed E-state index contributed by atoms with van der Waals surface area (Å²) in [6, 6.07) is 8.08. The molecule has 1 aliphatic rings. The summed E-state index contributed by atoms with van der Waals surface area (Å²) < 4.78 is 0. The first kappa shape index (κ1) is 23.8. The van der Waals surface area contributed by atoms with Gasteiger partial charge in [-0.05, 0) is 56.0 Å². The van der Waals surface area contributed by atoms with E-state index in [-0.39, 0.29) is 0 Å². The van der Waals surface area contributed by atoms with Gasteiger partial charge in [-0.3, -0.25) is 9.97 Å². The maximum Gasteiger partial charge on any atom is 0.133 e. The Balaban J connectivity index is 0.00000149. The molecule has 4 heterocycles. The Hall–Kier alpha value is -3.85. The van der Waals surface area contributed by atoms with Gasteiger partial charge >= 0.3 is 0 Å². The van der Waals surface area contributed by atoms with E-state index in [1.165, 1.54) is 24.8 Å². The van der Waals surface area contributed by atoms with Crippen LogP contribution in [0, 0.1) is 19.8 Å². The van der Waals surface area contributed by atoms with Gasteiger partial charge in [0.25, 0.3) is 0 Å². The highest BCUT2D eigenvalue weighted by atomic mass is 15.2. The molecule has 6 nitrogen and oxygen atoms in total. The van der Waals surface area contributed by atoms with E-state index in [2.05, 4.69) is 62.9 Å². The molecule has 0 amide bonds. The van der Waals surface area contributed by atoms with Crippen molar-refractivity contribution in [2.75, 3.05) is 35.7 Å². The van der Waals surface area contributed by atoms with Gasteiger partial charge in [-0.15, -0.1) is 12.8 Å². The van der Waals surface area contributed by atoms with E-state index in [0.29, 0.717) is 6.42 Å². The number of anilines is 3. The molecule has 2 N–H and O–H groups in total. The van der Waals surface area contributed by atoms with E-state index in [1.807, 2.05) is 43.8 Å². The van der Waals surface area contributed by atoms with Crippen molar-refractivity contribution in [3.05, 3.63) is 72.5 Å². The predicted molar refractivity (Wildman–Crippen MR) is 138 cm³/mol. The SMILES string of the molecule is C#C.C=C(Cc1cc(-c2cccnc2)ncc1NC)Nc1ccnc(N2CCCCC2)c1C. The number of piperidine rings is 1. The second kappa shape index (κ2) is 11.7. The largest absolute Gasteiger partial charge is 0.387 e. The van der Waals surface area contributed by atoms with Crippen LogP contribution in [0.25, 0.3) is 11.3 Å². The number of nitrogens with zero attached hydrogens (tertiary/aromatic N) is 4. The Bertz CT molecular complexity index is 1080. The van der Waals surface area contributed by atoms with Crippen LogP contribution in [0.1, 0.15) is 30.4 Å². The topological polar surface area (TPSA) is 66.0 Å². The number of pyridine rings is 3. The minimum Gasteiger partial charge on any atom is -0.387 e. The van der Waals surface area contributed by atoms with Crippen LogP contribution in [0.2, 0.25) is 0 Å². The fourth-order valence-corrected chi connectivity index (χ4v) is 4.09. The number of allylic oxidation sites excluding steroid dienone is 1. The molecule has 3 aromatic heterocycles. The molecule has 1 aliphatic heterocycles. The Kier molecular flexibility index (Phi) is 8.43. The number of hydrogen-bond acceptors (Lipinski definition) is 6. The van der Waals surface area contributed by atoms with E-state index in [0.717, 1.165) is 52.8 Å². The Morgan fingerprint density at radius 1 is 1.06 bits per heavy atom. The van der Waals surface area contributed by atoms with Gasteiger partial charge in [0.05, 0.1) is 17.6 Å². The van der Waals surface area contributed by atoms with Gasteiger partial charge in [0, 0.05) is 67.7 Å². The van der Waals surface area contributed by atoms with Gasteiger partial charge in [0.15, 0.2) is 0 Å². The summed E-state index contributed by atoms with van der Waals surface area (Å²) in [6.07, 6.45) is 19.8. The first-order valence-corrected chi connectivity index (χ1v) is 11.2. The lowest BCUT2D eigenvalue weighted by atomic mass is 10.1. The standard InChI is InChI=1S/C25H30N6.C2H2/c1-18(30-22-9-11-28-25(19(22)2)31-12-5-4-6-13-31)14-21-15-23(29-17-24(21)26-3)20-8-7-10-27-16-20;1-2/h7-11,15-17,26H,1,4-6,12-14H2,2-3H3,(H,28,30);1-2H. The highest BCUT2D eigenvalue weighted by molar-refractivity contribution is 5.66. The van der Waals surface area contributed by atoms with E-state index < -0.39 is 0 Å². The first-order chi connectivity index (χ1) is 16.2. The lowest BCUT2D eigenvalue weighted by Gasteiger charge is -2.29. The van der Waals surface area contributed by atoms with Gasteiger partial charge < -0.3 is 15.5 Å². The average molecular weight is 441 g/mol. The molecule has 0 atom stereocenters. The van der Waals surface area contributed by atoms with Crippen LogP contribution in [0.4, 0.5) is 17.2 Å². The summed E-state index contributed by atoms with van der Waals surface area (Å²) in [5.74, 6) is 1.08. The molecule has 0 aromatic carbocycles. The third kappa shape index (κ3) is 5.89. The lowest BCUT2D eigenvalue weighted by molar-refractivity contribution is 0.572. The second-order valence-corrected chi connectivity index (χ2v) is 7.98. The molecule has 1 fully saturated rings. The smallest absolute Gasteiger partial charge is 0.133 e. The van der Waals surface area contributed by atoms with E-state index in [4.69, 9.17) is 0 Å². The zero-order valence-corrected chi connectivity index (χ0v) is 19.5. The minimum atomic E-state index is 0.687. The number of rotatable bonds is 7. The van der Waals surface area contributed by atoms with Crippen LogP contribution in [0.3, 0.4) is 0 Å². The molecule has 0 bridgehead atoms. The summed E-state index contributed by atoms with van der Waals surface area (Å²) in [5.41, 5.74) is 7.20. The van der Waals surface area contributed by atoms with Gasteiger partial charge in [0.2, 0.25) is 0 Å². The normalized spacial score (nSPS) is 12.9. The van der Waals surface area contributed by atoms with E-state index in [1.54, 1.807) is 6.20 Å². The Morgan fingerprint density at radius 3 is 2.55 bits per heavy atom. The lowest BCUT2D eigenvalue weighted by Crippen LogP contribution is -2.30. The van der Waals surface area contributed by atoms with Crippen LogP contribution in [-0.4, -0.2) is 35.1 Å². The maximum atomic E-state index is 4.66. The quantitative estimate of drug-likeness (QED) is 0.486. The summed E-state index contributed by atoms with van der Waals surface area (Å²) in [5, 5.41) is 6.77. The Labute approximate surface area is 197 Å². The average Bonchev–Trinajstić information content (AvgIpc) is 2.87. The van der Waals surface area contributed by atoms with Crippen LogP contribution in [-0.2, 0) is 6.42 Å². The number of aromatic nitrogens is 3. The molecule has 4 rings (SSSR count). The third-order valence-corrected chi connectivity index (χ3v) is 5.76. The molecule has 1 saturated heterocycles. The molecule has 0 saturated carbocycles. The molecular weight excluding hydrogens is 408 g/mol. The maximum absolute atomic E-state index is 4.66. The molecule has 0 spiro atoms. The first-order valence-electron chi connectivity index (χ1n) is 11.2. The molecular formula is C27H32N6. The van der Waals surface area contributed by atoms with Gasteiger partial charge in [-0.2, -0.15) is 0 Å². The number of terminal acetylenes is 1. The van der Waals surface area contributed by atoms with Crippen molar-refractivity contribution >= 4 is 17.2 Å². The summed E-state index contributed by atoms with van der Waals surface area (Å²) in [7, 11) is 1.92. The molecule has 0 radical (unpaired) electrons. The number of hydrogen-bond donors (Lipinski definition) is 2. The van der Waals surface area contributed by atoms with Crippen molar-refractivity contribution in [2.24, 2.45) is 0 Å². The zero-order chi connectivity index (χ0) is 23.6. The predicted octanol–water partition coefficient (Wildman–Crippen LogP) is 5.30. The van der Waals surface area contributed by atoms with Crippen LogP contribution < -0.4 is 15.5 Å². The van der Waals surface area contributed by atoms with Crippen molar-refractivity contribution in [3.63, 3.8) is 0 Å². The van der Waals surface area contributed by atoms with Gasteiger partial charge in [-0.25, -0.2) is 4.98 Å². The van der Waals surface area contributed by atoms with Crippen molar-refractivity contribution < 1.29 is 0 Å². The van der Waals surface area contributed by atoms with E-state index >= 15 is 0 Å². The van der Waals surface area contributed by atoms with Gasteiger partial charge in [-0.1, -0.05) is 6.58 Å². The van der Waals surface area contributed by atoms with Crippen LogP contribution in [0.15, 0.2) is 61.3 Å². The van der Waals surface area contributed by atoms with Crippen molar-refractivity contribution in [3.8, 4) is 24.1 Å². The third-order valence-electron chi connectivity index (χ3n) is 5.76. The Morgan fingerprint density at radius 2 is 1.85 bits per heavy atom. The van der Waals surface area contributed by atoms with Crippen molar-refractivity contribution in [1.82, 2.24) is 15.0 Å². The summed E-state index contributed by atoms with van der Waals surface area (Å²) in [6.45, 7) is 8.60. The highest BCUT2D eigenvalue weighted by Crippen LogP contribution is 2.29. The second-order valence-electron chi connectivity index (χ2n) is 7.98. The van der Waals surface area contributed by atoms with Gasteiger partial charge in [0.1, 0.15) is 5.82 Å². The molecule has 33 heavy (non-hydrogen) atoms. The highest BCUT2D eigenvalue weighted by Gasteiger charge is 2.16. The van der Waals surface area contributed by atoms with Crippen LogP contribution >= 0.6 is 0 Å². The number of nitrogens with one attached hydrogen (secondary N) is 2. The summed E-state index contributed by atoms with van der Waals surface area (Å²) in [4.78, 5) is 15.9. The summed E-state index contributed by atoms with van der Waals surface area (Å²) >= 11 is 0. The fourth-order valence-electron chi connectivity index (χ4n) is 4.09. The fraction of sp³-hybridized carbons (Fsp3) is 0.296. The van der Waals surface area contributed by atoms with Crippen molar-refractivity contribution in [1.29, 1.82) is 0 Å². The van der Waals surface area contributed by atoms with E-state index in [9.17, 15) is 0 Å². The molecule has 170 valence electrons.